The molecular formula is C38H35FeP. The molecule has 1 saturated carbocycles. The molecule has 0 spiro atoms. The van der Waals surface area contributed by atoms with E-state index in [-0.39, 0.29) is 17.1 Å². The monoisotopic (exact) mass is 578 g/mol. The molecule has 6 rings (SSSR count). The van der Waals surface area contributed by atoms with Crippen molar-refractivity contribution in [1.82, 2.24) is 0 Å². The fraction of sp³-hybridized carbons (Fsp3) is 0.132. The van der Waals surface area contributed by atoms with Crippen LogP contribution in [-0.4, -0.2) is 0 Å². The van der Waals surface area contributed by atoms with Crippen LogP contribution in [0.4, 0.5) is 0 Å². The molecule has 0 nitrogen and oxygen atoms in total. The quantitative estimate of drug-likeness (QED) is 0.167. The minimum Gasteiger partial charge on any atom is -0.0622 e. The van der Waals surface area contributed by atoms with E-state index < -0.39 is 0 Å². The van der Waals surface area contributed by atoms with Gasteiger partial charge in [-0.25, -0.2) is 0 Å². The second-order valence-corrected chi connectivity index (χ2v) is 11.3. The summed E-state index contributed by atoms with van der Waals surface area (Å²) in [5, 5.41) is 0. The SMILES string of the molecule is C[C]1[C](C)[C](C)[C](C)[C]1C.[Fe].c1ccc([C]2[P][C](c3ccccc3)[C](c3ccccc3)[C]2c2ccccc2)cc1. The first-order chi connectivity index (χ1) is 19.0. The molecule has 200 valence electrons. The molecule has 2 aliphatic rings. The van der Waals surface area contributed by atoms with E-state index in [0.717, 1.165) is 0 Å². The van der Waals surface area contributed by atoms with Crippen molar-refractivity contribution in [2.45, 2.75) is 34.6 Å². The van der Waals surface area contributed by atoms with Crippen molar-refractivity contribution in [2.75, 3.05) is 0 Å². The van der Waals surface area contributed by atoms with Gasteiger partial charge in [-0.1, -0.05) is 165 Å². The van der Waals surface area contributed by atoms with Crippen LogP contribution in [0.3, 0.4) is 0 Å². The van der Waals surface area contributed by atoms with Crippen LogP contribution in [0.5, 0.6) is 0 Å². The first-order valence-electron chi connectivity index (χ1n) is 13.6. The number of hydrogen-bond donors (Lipinski definition) is 0. The summed E-state index contributed by atoms with van der Waals surface area (Å²) in [5.74, 6) is 10.0. The van der Waals surface area contributed by atoms with E-state index in [1.54, 1.807) is 0 Å². The molecule has 2 heteroatoms. The molecular weight excluding hydrogens is 543 g/mol. The van der Waals surface area contributed by atoms with E-state index >= 15 is 0 Å². The Kier molecular flexibility index (Phi) is 10.9. The first-order valence-corrected chi connectivity index (χ1v) is 14.5. The van der Waals surface area contributed by atoms with E-state index in [0.29, 0.717) is 0 Å². The predicted octanol–water partition coefficient (Wildman–Crippen LogP) is 10.3. The van der Waals surface area contributed by atoms with Crippen LogP contribution in [0.15, 0.2) is 121 Å². The van der Waals surface area contributed by atoms with Crippen molar-refractivity contribution >= 4 is 8.58 Å². The molecule has 10 radical (unpaired) electrons. The van der Waals surface area contributed by atoms with Gasteiger partial charge in [0.05, 0.1) is 0 Å². The molecule has 1 aliphatic carbocycles. The Labute approximate surface area is 255 Å². The van der Waals surface area contributed by atoms with Crippen molar-refractivity contribution in [1.29, 1.82) is 0 Å². The molecule has 1 saturated heterocycles. The average Bonchev–Trinajstić information content (AvgIpc) is 3.48. The van der Waals surface area contributed by atoms with E-state index in [9.17, 15) is 0 Å². The van der Waals surface area contributed by atoms with E-state index in [1.807, 2.05) is 0 Å². The zero-order valence-electron chi connectivity index (χ0n) is 23.8. The molecule has 40 heavy (non-hydrogen) atoms. The number of hydrogen-bond acceptors (Lipinski definition) is 0. The zero-order chi connectivity index (χ0) is 27.4. The minimum absolute atomic E-state index is 0. The van der Waals surface area contributed by atoms with Crippen molar-refractivity contribution in [3.8, 4) is 0 Å². The Bertz CT molecular complexity index is 1140. The van der Waals surface area contributed by atoms with Crippen molar-refractivity contribution in [3.63, 3.8) is 0 Å². The van der Waals surface area contributed by atoms with Gasteiger partial charge in [-0.2, -0.15) is 0 Å². The summed E-state index contributed by atoms with van der Waals surface area (Å²) in [6, 6.07) is 43.2. The van der Waals surface area contributed by atoms with Gasteiger partial charge < -0.3 is 0 Å². The number of benzene rings is 4. The molecule has 0 unspecified atom stereocenters. The van der Waals surface area contributed by atoms with Crippen LogP contribution < -0.4 is 0 Å². The maximum atomic E-state index is 2.23. The Balaban J connectivity index is 0.000000287. The summed E-state index contributed by atoms with van der Waals surface area (Å²) >= 11 is 0. The van der Waals surface area contributed by atoms with Gasteiger partial charge in [-0.3, -0.25) is 0 Å². The summed E-state index contributed by atoms with van der Waals surface area (Å²) < 4.78 is 0. The first kappa shape index (κ1) is 30.8. The second-order valence-electron chi connectivity index (χ2n) is 10.1. The second kappa shape index (κ2) is 14.1. The Morgan fingerprint density at radius 3 is 0.800 bits per heavy atom. The Hall–Kier alpha value is -2.17. The molecule has 0 atom stereocenters. The van der Waals surface area contributed by atoms with Gasteiger partial charge in [-0.05, 0) is 51.8 Å². The van der Waals surface area contributed by atoms with Gasteiger partial charge in [0, 0.05) is 40.2 Å². The topological polar surface area (TPSA) is 0 Å². The van der Waals surface area contributed by atoms with Crippen molar-refractivity contribution < 1.29 is 17.1 Å². The fourth-order valence-corrected chi connectivity index (χ4v) is 6.73. The summed E-state index contributed by atoms with van der Waals surface area (Å²) in [5.41, 5.74) is 7.84. The van der Waals surface area contributed by atoms with E-state index in [1.165, 1.54) is 83.6 Å². The van der Waals surface area contributed by atoms with Gasteiger partial charge in [0.2, 0.25) is 0 Å². The van der Waals surface area contributed by atoms with E-state index in [4.69, 9.17) is 0 Å². The fourth-order valence-electron chi connectivity index (χ4n) is 5.25. The molecule has 1 aliphatic heterocycles. The van der Waals surface area contributed by atoms with Crippen LogP contribution in [-0.2, 0) is 17.1 Å². The molecule has 2 fully saturated rings. The van der Waals surface area contributed by atoms with Crippen LogP contribution >= 0.6 is 8.58 Å². The smallest absolute Gasteiger partial charge is 0.0466 e. The normalized spacial score (nSPS) is 18.9. The standard InChI is InChI=1S/C28H20P.C10H15.Fe/c1-5-13-21(14-6-1)25-26(22-15-7-2-8-16-22)28(24-19-11-4-12-20-24)29-27(25)23-17-9-3-10-18-23;1-6-7(2)9(4)10(5)8(6)3;/h1-20H;1-5H3;. The van der Waals surface area contributed by atoms with Gasteiger partial charge in [0.1, 0.15) is 0 Å². The van der Waals surface area contributed by atoms with Crippen LogP contribution in [0.1, 0.15) is 56.9 Å². The zero-order valence-corrected chi connectivity index (χ0v) is 25.8. The largest absolute Gasteiger partial charge is 0.0622 e. The van der Waals surface area contributed by atoms with Crippen molar-refractivity contribution in [2.24, 2.45) is 0 Å². The molecule has 4 aromatic carbocycles. The molecule has 0 bridgehead atoms. The van der Waals surface area contributed by atoms with Gasteiger partial charge in [0.15, 0.2) is 0 Å². The third-order valence-electron chi connectivity index (χ3n) is 7.98. The Morgan fingerprint density at radius 2 is 0.550 bits per heavy atom. The summed E-state index contributed by atoms with van der Waals surface area (Å²) in [6.07, 6.45) is 0. The van der Waals surface area contributed by atoms with Gasteiger partial charge >= 0.3 is 0 Å². The summed E-state index contributed by atoms with van der Waals surface area (Å²) in [7, 11) is 1.25. The predicted molar refractivity (Wildman–Crippen MR) is 167 cm³/mol. The Morgan fingerprint density at radius 1 is 0.325 bits per heavy atom. The molecule has 0 aromatic heterocycles. The maximum Gasteiger partial charge on any atom is 0.0466 e. The van der Waals surface area contributed by atoms with Crippen LogP contribution in [0.25, 0.3) is 0 Å². The molecule has 0 N–H and O–H groups in total. The third-order valence-corrected chi connectivity index (χ3v) is 9.39. The molecule has 0 amide bonds. The number of rotatable bonds is 4. The summed E-state index contributed by atoms with van der Waals surface area (Å²) in [6.45, 7) is 11.0. The van der Waals surface area contributed by atoms with Gasteiger partial charge in [-0.15, -0.1) is 0 Å². The molecule has 1 heterocycles. The van der Waals surface area contributed by atoms with Gasteiger partial charge in [0.25, 0.3) is 0 Å². The average molecular weight is 579 g/mol. The van der Waals surface area contributed by atoms with Crippen LogP contribution in [0, 0.1) is 52.7 Å². The minimum atomic E-state index is 0. The third kappa shape index (κ3) is 6.49. The van der Waals surface area contributed by atoms with Crippen LogP contribution in [0.2, 0.25) is 0 Å². The molecule has 4 aromatic rings. The van der Waals surface area contributed by atoms with E-state index in [2.05, 4.69) is 156 Å². The maximum absolute atomic E-state index is 2.23. The van der Waals surface area contributed by atoms with Crippen molar-refractivity contribution in [3.05, 3.63) is 196 Å². The summed E-state index contributed by atoms with van der Waals surface area (Å²) in [4.78, 5) is 0.